The van der Waals surface area contributed by atoms with Gasteiger partial charge in [0.15, 0.2) is 0 Å². The molecular weight excluding hydrogens is 449 g/mol. The molecule has 34 heavy (non-hydrogen) atoms. The number of rotatable bonds is 8. The Morgan fingerprint density at radius 2 is 1.97 bits per heavy atom. The highest BCUT2D eigenvalue weighted by molar-refractivity contribution is 5.88. The van der Waals surface area contributed by atoms with Crippen LogP contribution in [0.25, 0.3) is 10.9 Å². The van der Waals surface area contributed by atoms with Gasteiger partial charge in [-0.15, -0.1) is 0 Å². The molecule has 0 saturated carbocycles. The number of carboxylic acids is 1. The number of aromatic carboxylic acids is 1. The third-order valence-corrected chi connectivity index (χ3v) is 6.42. The molecule has 1 aromatic heterocycles. The Morgan fingerprint density at radius 3 is 2.62 bits per heavy atom. The van der Waals surface area contributed by atoms with E-state index >= 15 is 0 Å². The second kappa shape index (κ2) is 10.1. The van der Waals surface area contributed by atoms with Crippen LogP contribution in [-0.2, 0) is 11.3 Å². The highest BCUT2D eigenvalue weighted by Gasteiger charge is 2.34. The van der Waals surface area contributed by atoms with Crippen molar-refractivity contribution in [3.63, 3.8) is 0 Å². The first-order valence-corrected chi connectivity index (χ1v) is 11.1. The Balaban J connectivity index is 1.66. The Morgan fingerprint density at radius 1 is 1.24 bits per heavy atom. The molecule has 3 unspecified atom stereocenters. The minimum atomic E-state index is -3.20. The topological polar surface area (TPSA) is 74.8 Å². The van der Waals surface area contributed by atoms with Gasteiger partial charge in [-0.05, 0) is 55.2 Å². The van der Waals surface area contributed by atoms with Gasteiger partial charge in [0.2, 0.25) is 0 Å². The standard InChI is InChI=1S/C25H27F3N2O4/c1-14-11-21(33-2)19(18-7-9-29-22(14)18)13-30-10-8-17(34-24(28)23(26)27)12-20(30)15-3-5-16(6-4-15)25(31)32/h3-7,9,11,17,20,23-24,29H,8,10,12-13H2,1-2H3,(H,31,32). The van der Waals surface area contributed by atoms with Crippen LogP contribution in [0.5, 0.6) is 5.75 Å². The van der Waals surface area contributed by atoms with Crippen molar-refractivity contribution in [2.24, 2.45) is 0 Å². The van der Waals surface area contributed by atoms with Gasteiger partial charge in [0.1, 0.15) is 5.75 Å². The molecule has 0 spiro atoms. The van der Waals surface area contributed by atoms with Crippen LogP contribution in [0, 0.1) is 6.92 Å². The molecule has 1 aliphatic rings. The predicted molar refractivity (Wildman–Crippen MR) is 121 cm³/mol. The summed E-state index contributed by atoms with van der Waals surface area (Å²) in [5.74, 6) is -0.297. The number of benzene rings is 2. The molecule has 0 radical (unpaired) electrons. The van der Waals surface area contributed by atoms with E-state index in [9.17, 15) is 23.1 Å². The molecule has 0 aliphatic carbocycles. The van der Waals surface area contributed by atoms with E-state index in [0.717, 1.165) is 33.3 Å². The molecule has 182 valence electrons. The summed E-state index contributed by atoms with van der Waals surface area (Å²) >= 11 is 0. The monoisotopic (exact) mass is 476 g/mol. The van der Waals surface area contributed by atoms with Crippen molar-refractivity contribution >= 4 is 16.9 Å². The van der Waals surface area contributed by atoms with Crippen LogP contribution in [0.15, 0.2) is 42.6 Å². The zero-order valence-corrected chi connectivity index (χ0v) is 18.9. The van der Waals surface area contributed by atoms with Crippen LogP contribution < -0.4 is 4.74 Å². The Kier molecular flexibility index (Phi) is 7.13. The van der Waals surface area contributed by atoms with Gasteiger partial charge in [0.25, 0.3) is 12.8 Å². The number of nitrogens with zero attached hydrogens (tertiary/aromatic N) is 1. The molecular formula is C25H27F3N2O4. The molecule has 4 rings (SSSR count). The Bertz CT molecular complexity index is 1150. The number of aryl methyl sites for hydroxylation is 1. The second-order valence-electron chi connectivity index (χ2n) is 8.52. The summed E-state index contributed by atoms with van der Waals surface area (Å²) in [7, 11) is 1.62. The molecule has 1 aliphatic heterocycles. The fraction of sp³-hybridized carbons (Fsp3) is 0.400. The summed E-state index contributed by atoms with van der Waals surface area (Å²) in [5.41, 5.74) is 3.99. The molecule has 3 aromatic rings. The van der Waals surface area contributed by atoms with Gasteiger partial charge < -0.3 is 19.6 Å². The Labute approximate surface area is 195 Å². The lowest BCUT2D eigenvalue weighted by atomic mass is 9.91. The minimum Gasteiger partial charge on any atom is -0.496 e. The number of hydrogen-bond donors (Lipinski definition) is 2. The molecule has 1 saturated heterocycles. The third-order valence-electron chi connectivity index (χ3n) is 6.42. The number of alkyl halides is 3. The number of aromatic amines is 1. The van der Waals surface area contributed by atoms with E-state index in [4.69, 9.17) is 9.47 Å². The number of carboxylic acid groups (broad SMARTS) is 1. The quantitative estimate of drug-likeness (QED) is 0.451. The highest BCUT2D eigenvalue weighted by Crippen LogP contribution is 2.38. The molecule has 2 heterocycles. The maximum Gasteiger partial charge on any atom is 0.335 e. The molecule has 3 atom stereocenters. The van der Waals surface area contributed by atoms with Gasteiger partial charge in [0.05, 0.1) is 18.8 Å². The highest BCUT2D eigenvalue weighted by atomic mass is 19.3. The number of aromatic nitrogens is 1. The summed E-state index contributed by atoms with van der Waals surface area (Å²) in [4.78, 5) is 16.7. The molecule has 1 fully saturated rings. The van der Waals surface area contributed by atoms with Crippen LogP contribution >= 0.6 is 0 Å². The molecule has 9 heteroatoms. The van der Waals surface area contributed by atoms with E-state index in [-0.39, 0.29) is 11.6 Å². The zero-order chi connectivity index (χ0) is 24.4. The van der Waals surface area contributed by atoms with E-state index < -0.39 is 24.9 Å². The summed E-state index contributed by atoms with van der Waals surface area (Å²) in [6.45, 7) is 2.98. The van der Waals surface area contributed by atoms with Crippen molar-refractivity contribution < 1.29 is 32.5 Å². The summed E-state index contributed by atoms with van der Waals surface area (Å²) in [5, 5.41) is 10.3. The average Bonchev–Trinajstić information content (AvgIpc) is 3.32. The maximum atomic E-state index is 13.6. The molecule has 0 amide bonds. The zero-order valence-electron chi connectivity index (χ0n) is 18.9. The van der Waals surface area contributed by atoms with Gasteiger partial charge in [-0.1, -0.05) is 12.1 Å². The number of methoxy groups -OCH3 is 1. The van der Waals surface area contributed by atoms with Crippen molar-refractivity contribution in [2.75, 3.05) is 13.7 Å². The van der Waals surface area contributed by atoms with Crippen molar-refractivity contribution in [1.82, 2.24) is 9.88 Å². The second-order valence-corrected chi connectivity index (χ2v) is 8.52. The van der Waals surface area contributed by atoms with Crippen molar-refractivity contribution in [3.8, 4) is 5.75 Å². The van der Waals surface area contributed by atoms with Gasteiger partial charge in [-0.3, -0.25) is 4.90 Å². The number of hydrogen-bond acceptors (Lipinski definition) is 4. The van der Waals surface area contributed by atoms with Gasteiger partial charge in [0, 0.05) is 41.8 Å². The lowest BCUT2D eigenvalue weighted by molar-refractivity contribution is -0.171. The molecule has 2 N–H and O–H groups in total. The van der Waals surface area contributed by atoms with Crippen molar-refractivity contribution in [1.29, 1.82) is 0 Å². The van der Waals surface area contributed by atoms with E-state index in [0.29, 0.717) is 25.9 Å². The first kappa shape index (κ1) is 24.1. The van der Waals surface area contributed by atoms with Gasteiger partial charge >= 0.3 is 5.97 Å². The van der Waals surface area contributed by atoms with Crippen LogP contribution in [-0.4, -0.2) is 53.5 Å². The number of H-pyrrole nitrogens is 1. The van der Waals surface area contributed by atoms with Crippen molar-refractivity contribution in [3.05, 3.63) is 64.8 Å². The van der Waals surface area contributed by atoms with Crippen LogP contribution in [0.4, 0.5) is 13.2 Å². The smallest absolute Gasteiger partial charge is 0.335 e. The van der Waals surface area contributed by atoms with Gasteiger partial charge in [-0.2, -0.15) is 0 Å². The predicted octanol–water partition coefficient (Wildman–Crippen LogP) is 5.47. The number of ether oxygens (including phenoxy) is 2. The molecule has 6 nitrogen and oxygen atoms in total. The number of piperidine rings is 1. The SMILES string of the molecule is COc1cc(C)c2[nH]ccc2c1CN1CCC(OC(F)C(F)F)CC1c1ccc(C(=O)O)cc1. The van der Waals surface area contributed by atoms with E-state index in [1.165, 1.54) is 12.1 Å². The summed E-state index contributed by atoms with van der Waals surface area (Å²) < 4.78 is 49.8. The normalized spacial score (nSPS) is 20.1. The number of halogens is 3. The van der Waals surface area contributed by atoms with E-state index in [1.807, 2.05) is 25.3 Å². The lowest BCUT2D eigenvalue weighted by Crippen LogP contribution is -2.41. The first-order chi connectivity index (χ1) is 16.3. The summed E-state index contributed by atoms with van der Waals surface area (Å²) in [6.07, 6.45) is -3.97. The van der Waals surface area contributed by atoms with Gasteiger partial charge in [-0.25, -0.2) is 18.0 Å². The van der Waals surface area contributed by atoms with E-state index in [1.54, 1.807) is 19.2 Å². The maximum absolute atomic E-state index is 13.6. The molecule has 2 aromatic carbocycles. The Hall–Kier alpha value is -3.04. The molecule has 0 bridgehead atoms. The number of nitrogens with one attached hydrogen (secondary N) is 1. The number of carbonyl (C=O) groups is 1. The van der Waals surface area contributed by atoms with Crippen LogP contribution in [0.2, 0.25) is 0 Å². The summed E-state index contributed by atoms with van der Waals surface area (Å²) in [6, 6.07) is 10.1. The van der Waals surface area contributed by atoms with Crippen LogP contribution in [0.1, 0.15) is 45.9 Å². The average molecular weight is 476 g/mol. The van der Waals surface area contributed by atoms with Crippen molar-refractivity contribution in [2.45, 2.75) is 51.2 Å². The lowest BCUT2D eigenvalue weighted by Gasteiger charge is -2.40. The number of likely N-dealkylation sites (tertiary alicyclic amines) is 1. The number of fused-ring (bicyclic) bond motifs is 1. The van der Waals surface area contributed by atoms with Crippen LogP contribution in [0.3, 0.4) is 0 Å². The third kappa shape index (κ3) is 4.90. The fourth-order valence-corrected chi connectivity index (χ4v) is 4.72. The first-order valence-electron chi connectivity index (χ1n) is 11.1. The fourth-order valence-electron chi connectivity index (χ4n) is 4.72. The largest absolute Gasteiger partial charge is 0.496 e. The van der Waals surface area contributed by atoms with E-state index in [2.05, 4.69) is 9.88 Å². The minimum absolute atomic E-state index is 0.148.